The quantitative estimate of drug-likeness (QED) is 0.766. The molecule has 1 aromatic rings. The number of halogens is 5. The summed E-state index contributed by atoms with van der Waals surface area (Å²) in [6, 6.07) is 5.24. The number of hydrogen-bond donors (Lipinski definition) is 0. The molecule has 2 atom stereocenters. The molecule has 0 spiro atoms. The summed E-state index contributed by atoms with van der Waals surface area (Å²) in [7, 11) is 2.10. The Morgan fingerprint density at radius 1 is 1.08 bits per heavy atom. The van der Waals surface area contributed by atoms with Crippen LogP contribution in [0.5, 0.6) is 5.75 Å². The molecule has 2 bridgehead atoms. The Kier molecular flexibility index (Phi) is 7.87. The fourth-order valence-electron chi connectivity index (χ4n) is 3.88. The maximum absolute atomic E-state index is 12.9. The van der Waals surface area contributed by atoms with Crippen molar-refractivity contribution in [3.05, 3.63) is 29.8 Å². The third-order valence-corrected chi connectivity index (χ3v) is 4.89. The van der Waals surface area contributed by atoms with E-state index in [0.29, 0.717) is 17.6 Å². The molecule has 2 aliphatic rings. The van der Waals surface area contributed by atoms with Crippen molar-refractivity contribution >= 4 is 24.8 Å². The van der Waals surface area contributed by atoms with Crippen LogP contribution in [-0.4, -0.2) is 55.7 Å². The number of hydrogen-bond acceptors (Lipinski definition) is 3. The number of likely N-dealkylation sites (tertiary alicyclic amines) is 2. The normalized spacial score (nSPS) is 27.2. The Morgan fingerprint density at radius 2 is 1.68 bits per heavy atom. The molecule has 2 fully saturated rings. The number of alkyl halides is 3. The third kappa shape index (κ3) is 5.16. The van der Waals surface area contributed by atoms with Crippen LogP contribution in [0.4, 0.5) is 13.2 Å². The van der Waals surface area contributed by atoms with Gasteiger partial charge in [-0.05, 0) is 31.8 Å². The molecule has 2 heterocycles. The van der Waals surface area contributed by atoms with Crippen LogP contribution in [0.25, 0.3) is 0 Å². The highest BCUT2D eigenvalue weighted by atomic mass is 35.5. The minimum atomic E-state index is -4.33. The fraction of sp³-hybridized carbons (Fsp3) is 0.647. The van der Waals surface area contributed by atoms with Crippen LogP contribution < -0.4 is 4.74 Å². The molecular weight excluding hydrogens is 376 g/mol. The number of piperidine rings is 2. The molecule has 0 radical (unpaired) electrons. The van der Waals surface area contributed by atoms with Crippen LogP contribution in [0.15, 0.2) is 24.3 Å². The highest BCUT2D eigenvalue weighted by Crippen LogP contribution is 2.35. The van der Waals surface area contributed by atoms with Crippen molar-refractivity contribution in [2.24, 2.45) is 11.8 Å². The van der Waals surface area contributed by atoms with Gasteiger partial charge in [0.25, 0.3) is 0 Å². The van der Waals surface area contributed by atoms with Gasteiger partial charge in [-0.25, -0.2) is 0 Å². The summed E-state index contributed by atoms with van der Waals surface area (Å²) in [5.41, 5.74) is -0.650. The third-order valence-electron chi connectivity index (χ3n) is 4.89. The summed E-state index contributed by atoms with van der Waals surface area (Å²) in [6.07, 6.45) is -4.33. The van der Waals surface area contributed by atoms with E-state index in [2.05, 4.69) is 23.8 Å². The minimum Gasteiger partial charge on any atom is -0.490 e. The predicted octanol–water partition coefficient (Wildman–Crippen LogP) is 3.81. The summed E-state index contributed by atoms with van der Waals surface area (Å²) in [5.74, 6) is 0.998. The zero-order chi connectivity index (χ0) is 16.6. The summed E-state index contributed by atoms with van der Waals surface area (Å²) in [5, 5.41) is 0. The molecular formula is C17H25Cl2F3N2O. The summed E-state index contributed by atoms with van der Waals surface area (Å²) in [4.78, 5) is 4.71. The number of rotatable bonds is 3. The van der Waals surface area contributed by atoms with Crippen LogP contribution >= 0.6 is 24.8 Å². The molecule has 0 aromatic heterocycles. The molecule has 3 nitrogen and oxygen atoms in total. The van der Waals surface area contributed by atoms with Gasteiger partial charge in [0.1, 0.15) is 11.9 Å². The molecule has 0 saturated carbocycles. The van der Waals surface area contributed by atoms with E-state index in [0.717, 1.165) is 44.9 Å². The first-order valence-corrected chi connectivity index (χ1v) is 8.11. The van der Waals surface area contributed by atoms with Gasteiger partial charge in [0, 0.05) is 38.0 Å². The molecule has 0 amide bonds. The summed E-state index contributed by atoms with van der Waals surface area (Å²) >= 11 is 0. The van der Waals surface area contributed by atoms with Crippen molar-refractivity contribution in [3.8, 4) is 5.75 Å². The highest BCUT2D eigenvalue weighted by Gasteiger charge is 2.42. The monoisotopic (exact) mass is 400 g/mol. The van der Waals surface area contributed by atoms with Crippen molar-refractivity contribution in [2.45, 2.75) is 19.2 Å². The zero-order valence-electron chi connectivity index (χ0n) is 14.3. The van der Waals surface area contributed by atoms with Gasteiger partial charge in [-0.3, -0.25) is 0 Å². The molecule has 0 aliphatic carbocycles. The Morgan fingerprint density at radius 3 is 2.20 bits per heavy atom. The lowest BCUT2D eigenvalue weighted by Crippen LogP contribution is -2.61. The Bertz CT molecular complexity index is 543. The predicted molar refractivity (Wildman–Crippen MR) is 96.9 cm³/mol. The Hall–Kier alpha value is -0.690. The van der Waals surface area contributed by atoms with E-state index in [4.69, 9.17) is 4.74 Å². The van der Waals surface area contributed by atoms with Crippen LogP contribution in [0, 0.1) is 11.8 Å². The largest absolute Gasteiger partial charge is 0.490 e. The van der Waals surface area contributed by atoms with Gasteiger partial charge in [-0.15, -0.1) is 24.8 Å². The molecule has 8 heteroatoms. The zero-order valence-corrected chi connectivity index (χ0v) is 16.0. The molecule has 1 aromatic carbocycles. The number of benzene rings is 1. The first-order valence-electron chi connectivity index (χ1n) is 8.11. The van der Waals surface area contributed by atoms with Crippen molar-refractivity contribution < 1.29 is 17.9 Å². The number of nitrogens with zero attached hydrogens (tertiary/aromatic N) is 2. The van der Waals surface area contributed by atoms with E-state index < -0.39 is 11.7 Å². The van der Waals surface area contributed by atoms with Gasteiger partial charge in [-0.2, -0.15) is 13.2 Å². The van der Waals surface area contributed by atoms with Crippen molar-refractivity contribution in [1.82, 2.24) is 9.80 Å². The van der Waals surface area contributed by atoms with Crippen molar-refractivity contribution in [3.63, 3.8) is 0 Å². The first-order chi connectivity index (χ1) is 10.9. The maximum Gasteiger partial charge on any atom is 0.416 e. The average molecular weight is 401 g/mol. The van der Waals surface area contributed by atoms with Gasteiger partial charge in [0.05, 0.1) is 5.56 Å². The average Bonchev–Trinajstić information content (AvgIpc) is 2.47. The molecule has 144 valence electrons. The summed E-state index contributed by atoms with van der Waals surface area (Å²) < 4.78 is 44.6. The lowest BCUT2D eigenvalue weighted by molar-refractivity contribution is -0.137. The second-order valence-electron chi connectivity index (χ2n) is 6.70. The maximum atomic E-state index is 12.9. The van der Waals surface area contributed by atoms with Gasteiger partial charge < -0.3 is 14.5 Å². The van der Waals surface area contributed by atoms with E-state index in [9.17, 15) is 13.2 Å². The molecule has 2 saturated heterocycles. The van der Waals surface area contributed by atoms with E-state index in [1.165, 1.54) is 6.07 Å². The Labute approximate surface area is 159 Å². The lowest BCUT2D eigenvalue weighted by atomic mass is 9.81. The van der Waals surface area contributed by atoms with E-state index in [1.54, 1.807) is 6.07 Å². The van der Waals surface area contributed by atoms with E-state index in [-0.39, 0.29) is 30.9 Å². The molecule has 3 rings (SSSR count). The van der Waals surface area contributed by atoms with Crippen LogP contribution in [-0.2, 0) is 6.18 Å². The molecule has 25 heavy (non-hydrogen) atoms. The topological polar surface area (TPSA) is 15.7 Å². The highest BCUT2D eigenvalue weighted by molar-refractivity contribution is 5.85. The number of fused-ring (bicyclic) bond motifs is 2. The van der Waals surface area contributed by atoms with Crippen molar-refractivity contribution in [2.75, 3.05) is 39.8 Å². The van der Waals surface area contributed by atoms with Crippen LogP contribution in [0.1, 0.15) is 12.5 Å². The first kappa shape index (κ1) is 22.4. The molecule has 0 N–H and O–H groups in total. The van der Waals surface area contributed by atoms with Gasteiger partial charge in [-0.1, -0.05) is 13.0 Å². The van der Waals surface area contributed by atoms with E-state index >= 15 is 0 Å². The van der Waals surface area contributed by atoms with Crippen LogP contribution in [0.2, 0.25) is 0 Å². The SMILES string of the molecule is CCN1CC2CN(C)CC(C1)C2Oc1cccc(C(F)(F)F)c1.Cl.Cl. The van der Waals surface area contributed by atoms with E-state index in [1.807, 2.05) is 0 Å². The van der Waals surface area contributed by atoms with Crippen LogP contribution in [0.3, 0.4) is 0 Å². The smallest absolute Gasteiger partial charge is 0.416 e. The lowest BCUT2D eigenvalue weighted by Gasteiger charge is -2.49. The van der Waals surface area contributed by atoms with Gasteiger partial charge in [0.2, 0.25) is 0 Å². The van der Waals surface area contributed by atoms with Gasteiger partial charge in [0.15, 0.2) is 0 Å². The summed E-state index contributed by atoms with van der Waals surface area (Å²) in [6.45, 7) is 6.90. The van der Waals surface area contributed by atoms with Crippen molar-refractivity contribution in [1.29, 1.82) is 0 Å². The second kappa shape index (κ2) is 8.80. The van der Waals surface area contributed by atoms with Gasteiger partial charge >= 0.3 is 6.18 Å². The fourth-order valence-corrected chi connectivity index (χ4v) is 3.88. The standard InChI is InChI=1S/C17H23F3N2O.2ClH/c1-3-22-10-12-8-21(2)9-13(11-22)16(12)23-15-6-4-5-14(7-15)17(18,19)20;;/h4-7,12-13,16H,3,8-11H2,1-2H3;2*1H. The minimum absolute atomic E-state index is 0. The number of ether oxygens (including phenoxy) is 1. The molecule has 2 aliphatic heterocycles. The Balaban J connectivity index is 0.00000156. The molecule has 2 unspecified atom stereocenters. The second-order valence-corrected chi connectivity index (χ2v) is 6.70.